The molecule has 1 aliphatic rings. The summed E-state index contributed by atoms with van der Waals surface area (Å²) in [6.45, 7) is 7.15. The Kier molecular flexibility index (Phi) is 3.20. The molecule has 0 bridgehead atoms. The Morgan fingerprint density at radius 3 is 2.41 bits per heavy atom. The summed E-state index contributed by atoms with van der Waals surface area (Å²) in [4.78, 5) is 5.23. The van der Waals surface area contributed by atoms with Crippen molar-refractivity contribution in [3.8, 4) is 0 Å². The Morgan fingerprint density at radius 2 is 1.94 bits per heavy atom. The highest BCUT2D eigenvalue weighted by Gasteiger charge is 2.21. The number of oxime groups is 1. The van der Waals surface area contributed by atoms with Crippen molar-refractivity contribution >= 4 is 5.71 Å². The lowest BCUT2D eigenvalue weighted by Crippen LogP contribution is -2.20. The summed E-state index contributed by atoms with van der Waals surface area (Å²) in [6, 6.07) is 8.55. The molecule has 2 rings (SSSR count). The minimum Gasteiger partial charge on any atom is -0.390 e. The number of nitrogens with zero attached hydrogens (tertiary/aromatic N) is 1. The molecule has 1 aromatic rings. The summed E-state index contributed by atoms with van der Waals surface area (Å²) in [7, 11) is 0. The summed E-state index contributed by atoms with van der Waals surface area (Å²) in [6.07, 6.45) is 0.859. The Labute approximate surface area is 103 Å². The average molecular weight is 232 g/mol. The highest BCUT2D eigenvalue weighted by Crippen LogP contribution is 2.23. The first kappa shape index (κ1) is 12.1. The highest BCUT2D eigenvalue weighted by molar-refractivity contribution is 6.01. The van der Waals surface area contributed by atoms with Gasteiger partial charge in [-0.2, -0.15) is 0 Å². The van der Waals surface area contributed by atoms with Gasteiger partial charge in [0, 0.05) is 13.0 Å². The normalized spacial score (nSPS) is 20.0. The first-order chi connectivity index (χ1) is 8.00. The van der Waals surface area contributed by atoms with Crippen LogP contribution in [0.1, 0.15) is 38.3 Å². The van der Waals surface area contributed by atoms with Crippen LogP contribution in [0.15, 0.2) is 29.4 Å². The van der Waals surface area contributed by atoms with Crippen LogP contribution in [0.2, 0.25) is 0 Å². The fourth-order valence-electron chi connectivity index (χ4n) is 1.89. The molecule has 1 atom stereocenters. The van der Waals surface area contributed by atoms with Gasteiger partial charge in [-0.15, -0.1) is 0 Å². The minimum absolute atomic E-state index is 0.0484. The standard InChI is InChI=1S/C14H20N2O/c1-14(2,3)11-6-4-10(5-7-11)13-8-12(9-15)17-16-13/h4-7,12H,8-9,15H2,1-3H3. The molecule has 1 heterocycles. The van der Waals surface area contributed by atoms with Gasteiger partial charge in [0.05, 0.1) is 5.71 Å². The molecule has 0 radical (unpaired) electrons. The van der Waals surface area contributed by atoms with E-state index in [2.05, 4.69) is 50.2 Å². The number of benzene rings is 1. The topological polar surface area (TPSA) is 47.6 Å². The molecular formula is C14H20N2O. The Hall–Kier alpha value is -1.35. The van der Waals surface area contributed by atoms with Crippen LogP contribution in [0.5, 0.6) is 0 Å². The smallest absolute Gasteiger partial charge is 0.145 e. The van der Waals surface area contributed by atoms with Gasteiger partial charge in [-0.05, 0) is 16.5 Å². The van der Waals surface area contributed by atoms with Crippen molar-refractivity contribution in [1.82, 2.24) is 0 Å². The fraction of sp³-hybridized carbons (Fsp3) is 0.500. The predicted molar refractivity (Wildman–Crippen MR) is 70.2 cm³/mol. The van der Waals surface area contributed by atoms with Crippen molar-refractivity contribution in [2.75, 3.05) is 6.54 Å². The number of nitrogens with two attached hydrogens (primary N) is 1. The van der Waals surface area contributed by atoms with Crippen LogP contribution >= 0.6 is 0 Å². The molecule has 0 saturated carbocycles. The van der Waals surface area contributed by atoms with E-state index in [0.29, 0.717) is 6.54 Å². The van der Waals surface area contributed by atoms with Crippen molar-refractivity contribution in [3.63, 3.8) is 0 Å². The molecule has 3 heteroatoms. The summed E-state index contributed by atoms with van der Waals surface area (Å²) < 4.78 is 0. The number of rotatable bonds is 2. The van der Waals surface area contributed by atoms with E-state index in [1.54, 1.807) is 0 Å². The Morgan fingerprint density at radius 1 is 1.29 bits per heavy atom. The molecule has 1 unspecified atom stereocenters. The van der Waals surface area contributed by atoms with Gasteiger partial charge in [-0.3, -0.25) is 0 Å². The van der Waals surface area contributed by atoms with Gasteiger partial charge in [0.15, 0.2) is 0 Å². The van der Waals surface area contributed by atoms with Gasteiger partial charge >= 0.3 is 0 Å². The second kappa shape index (κ2) is 4.49. The average Bonchev–Trinajstić information content (AvgIpc) is 2.76. The van der Waals surface area contributed by atoms with Crippen LogP contribution in [-0.4, -0.2) is 18.4 Å². The third-order valence-corrected chi connectivity index (χ3v) is 3.08. The molecule has 2 N–H and O–H groups in total. The van der Waals surface area contributed by atoms with E-state index in [1.807, 2.05) is 0 Å². The van der Waals surface area contributed by atoms with Gasteiger partial charge in [-0.25, -0.2) is 0 Å². The fourth-order valence-corrected chi connectivity index (χ4v) is 1.89. The van der Waals surface area contributed by atoms with Gasteiger partial charge in [0.2, 0.25) is 0 Å². The molecule has 1 aliphatic heterocycles. The van der Waals surface area contributed by atoms with Crippen LogP contribution in [0, 0.1) is 0 Å². The summed E-state index contributed by atoms with van der Waals surface area (Å²) in [5.41, 5.74) is 9.21. The van der Waals surface area contributed by atoms with Gasteiger partial charge in [0.25, 0.3) is 0 Å². The van der Waals surface area contributed by atoms with E-state index in [0.717, 1.165) is 17.7 Å². The summed E-state index contributed by atoms with van der Waals surface area (Å²) >= 11 is 0. The van der Waals surface area contributed by atoms with Gasteiger partial charge in [0.1, 0.15) is 6.10 Å². The Bertz CT molecular complexity index is 415. The molecule has 92 valence electrons. The van der Waals surface area contributed by atoms with Crippen LogP contribution in [0.4, 0.5) is 0 Å². The van der Waals surface area contributed by atoms with E-state index < -0.39 is 0 Å². The summed E-state index contributed by atoms with van der Waals surface area (Å²) in [5, 5.41) is 4.09. The third-order valence-electron chi connectivity index (χ3n) is 3.08. The second-order valence-electron chi connectivity index (χ2n) is 5.53. The molecular weight excluding hydrogens is 212 g/mol. The van der Waals surface area contributed by atoms with Crippen molar-refractivity contribution in [1.29, 1.82) is 0 Å². The zero-order chi connectivity index (χ0) is 12.5. The van der Waals surface area contributed by atoms with Crippen molar-refractivity contribution in [2.45, 2.75) is 38.7 Å². The monoisotopic (exact) mass is 232 g/mol. The van der Waals surface area contributed by atoms with Crippen LogP contribution in [-0.2, 0) is 10.3 Å². The molecule has 0 saturated heterocycles. The van der Waals surface area contributed by atoms with Crippen LogP contribution in [0.3, 0.4) is 0 Å². The van der Waals surface area contributed by atoms with E-state index in [9.17, 15) is 0 Å². The lowest BCUT2D eigenvalue weighted by Gasteiger charge is -2.19. The van der Waals surface area contributed by atoms with E-state index in [-0.39, 0.29) is 11.5 Å². The van der Waals surface area contributed by atoms with E-state index in [1.165, 1.54) is 5.56 Å². The molecule has 0 aliphatic carbocycles. The molecule has 1 aromatic carbocycles. The predicted octanol–water partition coefficient (Wildman–Crippen LogP) is 2.44. The van der Waals surface area contributed by atoms with E-state index >= 15 is 0 Å². The SMILES string of the molecule is CC(C)(C)c1ccc(C2=NOC(CN)C2)cc1. The first-order valence-corrected chi connectivity index (χ1v) is 6.04. The largest absolute Gasteiger partial charge is 0.390 e. The maximum absolute atomic E-state index is 5.56. The maximum atomic E-state index is 5.56. The maximum Gasteiger partial charge on any atom is 0.145 e. The zero-order valence-corrected chi connectivity index (χ0v) is 10.7. The molecule has 0 aromatic heterocycles. The zero-order valence-electron chi connectivity index (χ0n) is 10.7. The highest BCUT2D eigenvalue weighted by atomic mass is 16.6. The van der Waals surface area contributed by atoms with Crippen molar-refractivity contribution in [3.05, 3.63) is 35.4 Å². The van der Waals surface area contributed by atoms with Crippen LogP contribution < -0.4 is 5.73 Å². The lowest BCUT2D eigenvalue weighted by molar-refractivity contribution is 0.0918. The quantitative estimate of drug-likeness (QED) is 0.851. The molecule has 0 fully saturated rings. The van der Waals surface area contributed by atoms with Gasteiger partial charge in [-0.1, -0.05) is 50.2 Å². The number of hydrogen-bond acceptors (Lipinski definition) is 3. The van der Waals surface area contributed by atoms with Crippen LogP contribution in [0.25, 0.3) is 0 Å². The molecule has 0 amide bonds. The summed E-state index contributed by atoms with van der Waals surface area (Å²) in [5.74, 6) is 0. The van der Waals surface area contributed by atoms with Crippen molar-refractivity contribution in [2.24, 2.45) is 10.9 Å². The molecule has 3 nitrogen and oxygen atoms in total. The lowest BCUT2D eigenvalue weighted by atomic mass is 9.86. The second-order valence-corrected chi connectivity index (χ2v) is 5.53. The molecule has 17 heavy (non-hydrogen) atoms. The molecule has 0 spiro atoms. The third kappa shape index (κ3) is 2.67. The first-order valence-electron chi connectivity index (χ1n) is 6.04. The Balaban J connectivity index is 2.14. The number of hydrogen-bond donors (Lipinski definition) is 1. The minimum atomic E-state index is 0.0484. The van der Waals surface area contributed by atoms with E-state index in [4.69, 9.17) is 10.6 Å². The van der Waals surface area contributed by atoms with Gasteiger partial charge < -0.3 is 10.6 Å². The van der Waals surface area contributed by atoms with Crippen molar-refractivity contribution < 1.29 is 4.84 Å².